The van der Waals surface area contributed by atoms with Crippen LogP contribution in [0.2, 0.25) is 5.02 Å². The molecule has 7 nitrogen and oxygen atoms in total. The minimum Gasteiger partial charge on any atom is -0.506 e. The zero-order chi connectivity index (χ0) is 25.3. The van der Waals surface area contributed by atoms with Gasteiger partial charge in [0.1, 0.15) is 30.5 Å². The fourth-order valence-electron chi connectivity index (χ4n) is 2.92. The Morgan fingerprint density at radius 2 is 1.82 bits per heavy atom. The zero-order valence-corrected chi connectivity index (χ0v) is 20.4. The van der Waals surface area contributed by atoms with Crippen molar-refractivity contribution in [3.05, 3.63) is 47.5 Å². The van der Waals surface area contributed by atoms with Crippen molar-refractivity contribution in [2.24, 2.45) is 4.99 Å². The highest BCUT2D eigenvalue weighted by Crippen LogP contribution is 2.35. The van der Waals surface area contributed by atoms with E-state index in [4.69, 9.17) is 21.1 Å². The van der Waals surface area contributed by atoms with Gasteiger partial charge in [-0.3, -0.25) is 4.99 Å². The lowest BCUT2D eigenvalue weighted by atomic mass is 10.2. The Kier molecular flexibility index (Phi) is 14.0. The summed E-state index contributed by atoms with van der Waals surface area (Å²) in [5, 5.41) is 13.7. The van der Waals surface area contributed by atoms with E-state index in [2.05, 4.69) is 40.8 Å². The van der Waals surface area contributed by atoms with E-state index in [-0.39, 0.29) is 5.75 Å². The minimum absolute atomic E-state index is 0.229. The molecule has 1 aliphatic rings. The first-order valence-electron chi connectivity index (χ1n) is 11.0. The van der Waals surface area contributed by atoms with Crippen LogP contribution in [0.1, 0.15) is 46.0 Å². The molecule has 0 radical (unpaired) electrons. The van der Waals surface area contributed by atoms with Crippen LogP contribution in [0, 0.1) is 5.82 Å². The van der Waals surface area contributed by atoms with E-state index in [1.165, 1.54) is 50.6 Å². The number of hydrogen-bond acceptors (Lipinski definition) is 7. The third-order valence-electron chi connectivity index (χ3n) is 4.60. The topological polar surface area (TPSA) is 96.7 Å². The van der Waals surface area contributed by atoms with E-state index in [1.54, 1.807) is 12.1 Å². The first-order valence-corrected chi connectivity index (χ1v) is 11.4. The molecule has 34 heavy (non-hydrogen) atoms. The molecule has 9 heteroatoms. The number of rotatable bonds is 5. The third kappa shape index (κ3) is 9.41. The van der Waals surface area contributed by atoms with Gasteiger partial charge in [0.15, 0.2) is 0 Å². The molecule has 1 fully saturated rings. The van der Waals surface area contributed by atoms with Gasteiger partial charge >= 0.3 is 0 Å². The smallest absolute Gasteiger partial charge is 0.143 e. The molecule has 4 rings (SSSR count). The van der Waals surface area contributed by atoms with Crippen LogP contribution in [0.5, 0.6) is 5.75 Å². The lowest BCUT2D eigenvalue weighted by Crippen LogP contribution is -1.97. The van der Waals surface area contributed by atoms with Crippen LogP contribution in [0.4, 0.5) is 21.6 Å². The number of nitrogens with zero attached hydrogens (tertiary/aromatic N) is 3. The Balaban J connectivity index is 0.000000398. The number of aromatic hydroxyl groups is 1. The summed E-state index contributed by atoms with van der Waals surface area (Å²) < 4.78 is 18.0. The summed E-state index contributed by atoms with van der Waals surface area (Å²) in [6.07, 6.45) is 7.99. The van der Waals surface area contributed by atoms with E-state index < -0.39 is 5.82 Å². The van der Waals surface area contributed by atoms with E-state index in [0.29, 0.717) is 33.1 Å². The van der Waals surface area contributed by atoms with Gasteiger partial charge in [-0.2, -0.15) is 0 Å². The molecule has 184 valence electrons. The molecular weight excluding hydrogens is 459 g/mol. The molecule has 0 spiro atoms. The largest absolute Gasteiger partial charge is 0.506 e. The molecule has 1 aliphatic heterocycles. The van der Waals surface area contributed by atoms with Crippen molar-refractivity contribution in [1.82, 2.24) is 9.97 Å². The first-order chi connectivity index (χ1) is 16.5. The van der Waals surface area contributed by atoms with Crippen molar-refractivity contribution in [2.45, 2.75) is 46.0 Å². The fourth-order valence-corrected chi connectivity index (χ4v) is 3.21. The summed E-state index contributed by atoms with van der Waals surface area (Å²) in [6, 6.07) is 6.99. The van der Waals surface area contributed by atoms with Crippen LogP contribution >= 0.6 is 11.6 Å². The van der Waals surface area contributed by atoms with Crippen LogP contribution in [0.3, 0.4) is 0 Å². The maximum Gasteiger partial charge on any atom is 0.143 e. The molecule has 0 amide bonds. The highest BCUT2D eigenvalue weighted by atomic mass is 35.5. The number of carbonyl (C=O) groups excluding carboxylic acids is 1. The number of halogens is 2. The summed E-state index contributed by atoms with van der Waals surface area (Å²) in [5.74, 6) is -0.366. The molecule has 3 aromatic rings. The van der Waals surface area contributed by atoms with Crippen molar-refractivity contribution in [2.75, 3.05) is 18.5 Å². The van der Waals surface area contributed by atoms with Gasteiger partial charge in [0.25, 0.3) is 0 Å². The van der Waals surface area contributed by atoms with Gasteiger partial charge in [-0.25, -0.2) is 14.4 Å². The Morgan fingerprint density at radius 1 is 1.15 bits per heavy atom. The Hall–Kier alpha value is -3.10. The number of ether oxygens (including phenoxy) is 1. The van der Waals surface area contributed by atoms with Crippen LogP contribution in [-0.4, -0.2) is 41.8 Å². The van der Waals surface area contributed by atoms with Gasteiger partial charge in [-0.15, -0.1) is 0 Å². The van der Waals surface area contributed by atoms with Crippen LogP contribution < -0.4 is 5.32 Å². The highest BCUT2D eigenvalue weighted by molar-refractivity contribution is 6.36. The number of phenolic OH excluding ortho intramolecular Hbond substituents is 1. The van der Waals surface area contributed by atoms with E-state index in [1.807, 2.05) is 6.79 Å². The summed E-state index contributed by atoms with van der Waals surface area (Å²) >= 11 is 6.25. The first kappa shape index (κ1) is 28.9. The monoisotopic (exact) mass is 490 g/mol. The Labute approximate surface area is 205 Å². The average molecular weight is 491 g/mol. The molecule has 2 aromatic carbocycles. The molecule has 0 aliphatic carbocycles. The second kappa shape index (κ2) is 16.5. The number of aliphatic imine (C=N–C) groups is 1. The van der Waals surface area contributed by atoms with Gasteiger partial charge in [0.05, 0.1) is 27.3 Å². The van der Waals surface area contributed by atoms with Gasteiger partial charge in [0, 0.05) is 19.3 Å². The van der Waals surface area contributed by atoms with Crippen molar-refractivity contribution in [3.63, 3.8) is 0 Å². The number of anilines is 2. The van der Waals surface area contributed by atoms with Crippen molar-refractivity contribution >= 4 is 53.2 Å². The second-order valence-corrected chi connectivity index (χ2v) is 7.57. The molecule has 2 N–H and O–H groups in total. The number of aromatic nitrogens is 2. The third-order valence-corrected chi connectivity index (χ3v) is 4.90. The quantitative estimate of drug-likeness (QED) is 0.295. The van der Waals surface area contributed by atoms with Gasteiger partial charge < -0.3 is 20.0 Å². The van der Waals surface area contributed by atoms with Crippen LogP contribution in [0.15, 0.2) is 41.7 Å². The molecule has 0 unspecified atom stereocenters. The summed E-state index contributed by atoms with van der Waals surface area (Å²) in [6.45, 7) is 11.9. The fraction of sp³-hybridized carbons (Fsp3) is 0.360. The zero-order valence-electron chi connectivity index (χ0n) is 19.7. The summed E-state index contributed by atoms with van der Waals surface area (Å²) in [4.78, 5) is 20.1. The number of benzene rings is 2. The Bertz CT molecular complexity index is 1020. The Morgan fingerprint density at radius 3 is 2.32 bits per heavy atom. The SMILES string of the molecule is C1CCOC1.C=Nc1cc(Cl)c2c(Nc3ccc(F)cc3O)ncnc2c1.C=O.CCCCC. The van der Waals surface area contributed by atoms with Gasteiger partial charge in [-0.05, 0) is 43.8 Å². The second-order valence-electron chi connectivity index (χ2n) is 7.16. The van der Waals surface area contributed by atoms with E-state index in [9.17, 15) is 9.50 Å². The van der Waals surface area contributed by atoms with Crippen LogP contribution in [0.25, 0.3) is 10.9 Å². The molecular formula is C25H32ClFN4O3. The molecule has 0 saturated carbocycles. The standard InChI is InChI=1S/C15H10ClFN4O.C5H12.C4H8O.CH2O/c1-18-9-5-10(16)14-12(6-9)19-7-20-15(14)21-11-3-2-8(17)4-13(11)22;1-3-5-4-2;1-2-4-5-3-1;1-2/h2-7,22H,1H2,(H,19,20,21);3-5H2,1-2H3;1-4H2;1H2. The summed E-state index contributed by atoms with van der Waals surface area (Å²) in [7, 11) is 0. The number of nitrogens with one attached hydrogen (secondary N) is 1. The maximum atomic E-state index is 13.0. The van der Waals surface area contributed by atoms with E-state index in [0.717, 1.165) is 19.3 Å². The van der Waals surface area contributed by atoms with Crippen molar-refractivity contribution in [1.29, 1.82) is 0 Å². The number of phenols is 1. The number of unbranched alkanes of at least 4 members (excludes halogenated alkanes) is 2. The number of carbonyl (C=O) groups is 1. The normalized spacial score (nSPS) is 11.8. The van der Waals surface area contributed by atoms with E-state index >= 15 is 0 Å². The predicted octanol–water partition coefficient (Wildman–Crippen LogP) is 7.01. The molecule has 0 bridgehead atoms. The molecule has 1 aromatic heterocycles. The lowest BCUT2D eigenvalue weighted by molar-refractivity contribution is -0.0980. The average Bonchev–Trinajstić information content (AvgIpc) is 3.43. The highest BCUT2D eigenvalue weighted by Gasteiger charge is 2.11. The molecule has 1 saturated heterocycles. The molecule has 0 atom stereocenters. The predicted molar refractivity (Wildman–Crippen MR) is 137 cm³/mol. The maximum absolute atomic E-state index is 13.0. The number of fused-ring (bicyclic) bond motifs is 1. The molecule has 2 heterocycles. The van der Waals surface area contributed by atoms with Crippen molar-refractivity contribution in [3.8, 4) is 5.75 Å². The lowest BCUT2D eigenvalue weighted by Gasteiger charge is -2.11. The van der Waals surface area contributed by atoms with Gasteiger partial charge in [-0.1, -0.05) is 44.7 Å². The minimum atomic E-state index is -0.532. The van der Waals surface area contributed by atoms with Crippen LogP contribution in [-0.2, 0) is 9.53 Å². The number of hydrogen-bond donors (Lipinski definition) is 2. The summed E-state index contributed by atoms with van der Waals surface area (Å²) in [5.41, 5.74) is 1.48. The van der Waals surface area contributed by atoms with Gasteiger partial charge in [0.2, 0.25) is 0 Å². The van der Waals surface area contributed by atoms with Crippen molar-refractivity contribution < 1.29 is 19.0 Å².